The molecular formula is C19H15NO5. The molecule has 3 rings (SSSR count). The van der Waals surface area contributed by atoms with Crippen LogP contribution in [0.15, 0.2) is 65.7 Å². The molecule has 0 aromatic heterocycles. The first-order chi connectivity index (χ1) is 12.0. The maximum absolute atomic E-state index is 12.4. The first-order valence-electron chi connectivity index (χ1n) is 7.49. The third kappa shape index (κ3) is 3.37. The van der Waals surface area contributed by atoms with Crippen molar-refractivity contribution in [3.63, 3.8) is 0 Å². The Morgan fingerprint density at radius 1 is 1.16 bits per heavy atom. The summed E-state index contributed by atoms with van der Waals surface area (Å²) in [4.78, 5) is 23.8. The molecular weight excluding hydrogens is 322 g/mol. The van der Waals surface area contributed by atoms with Crippen molar-refractivity contribution >= 4 is 23.5 Å². The van der Waals surface area contributed by atoms with Crippen molar-refractivity contribution in [1.82, 2.24) is 0 Å². The summed E-state index contributed by atoms with van der Waals surface area (Å²) in [5, 5.41) is 21.7. The van der Waals surface area contributed by atoms with Crippen LogP contribution in [0.3, 0.4) is 0 Å². The van der Waals surface area contributed by atoms with Crippen LogP contribution in [0.2, 0.25) is 0 Å². The van der Waals surface area contributed by atoms with Gasteiger partial charge in [0.1, 0.15) is 5.75 Å². The van der Waals surface area contributed by atoms with E-state index in [4.69, 9.17) is 4.74 Å². The number of carboxylic acid groups (broad SMARTS) is 1. The Morgan fingerprint density at radius 3 is 2.52 bits per heavy atom. The number of hydrogen-bond acceptors (Lipinski definition) is 5. The molecule has 6 nitrogen and oxygen atoms in total. The molecule has 0 fully saturated rings. The highest BCUT2D eigenvalue weighted by Gasteiger charge is 2.35. The van der Waals surface area contributed by atoms with Gasteiger partial charge in [0.2, 0.25) is 11.7 Å². The van der Waals surface area contributed by atoms with Gasteiger partial charge < -0.3 is 20.3 Å². The Morgan fingerprint density at radius 2 is 1.88 bits per heavy atom. The molecule has 0 unspecified atom stereocenters. The van der Waals surface area contributed by atoms with Gasteiger partial charge in [-0.2, -0.15) is 0 Å². The van der Waals surface area contributed by atoms with Crippen LogP contribution in [0.4, 0.5) is 5.69 Å². The van der Waals surface area contributed by atoms with E-state index in [1.165, 1.54) is 12.1 Å². The summed E-state index contributed by atoms with van der Waals surface area (Å²) in [6, 6.07) is 13.6. The normalized spacial score (nSPS) is 15.4. The van der Waals surface area contributed by atoms with Crippen molar-refractivity contribution in [2.75, 3.05) is 5.32 Å². The van der Waals surface area contributed by atoms with Gasteiger partial charge in [0.05, 0.1) is 0 Å². The van der Waals surface area contributed by atoms with E-state index in [9.17, 15) is 19.8 Å². The Kier molecular flexibility index (Phi) is 4.26. The van der Waals surface area contributed by atoms with Crippen molar-refractivity contribution in [1.29, 1.82) is 0 Å². The molecule has 1 aliphatic rings. The lowest BCUT2D eigenvalue weighted by Gasteiger charge is -2.07. The van der Waals surface area contributed by atoms with Crippen molar-refractivity contribution < 1.29 is 24.5 Å². The van der Waals surface area contributed by atoms with Crippen LogP contribution in [0.25, 0.3) is 6.08 Å². The highest BCUT2D eigenvalue weighted by molar-refractivity contribution is 6.26. The minimum atomic E-state index is -1.37. The molecule has 2 aromatic rings. The van der Waals surface area contributed by atoms with Gasteiger partial charge >= 0.3 is 5.97 Å². The fourth-order valence-electron chi connectivity index (χ4n) is 2.38. The van der Waals surface area contributed by atoms with Gasteiger partial charge in [-0.3, -0.25) is 4.79 Å². The van der Waals surface area contributed by atoms with Gasteiger partial charge in [0.25, 0.3) is 0 Å². The molecule has 0 atom stereocenters. The molecule has 0 bridgehead atoms. The fraction of sp³-hybridized carbons (Fsp3) is 0.0526. The van der Waals surface area contributed by atoms with E-state index in [0.717, 1.165) is 0 Å². The van der Waals surface area contributed by atoms with Gasteiger partial charge in [-0.25, -0.2) is 4.79 Å². The Labute approximate surface area is 143 Å². The van der Waals surface area contributed by atoms with Crippen LogP contribution in [0.5, 0.6) is 5.75 Å². The Hall–Kier alpha value is -3.54. The number of rotatable bonds is 4. The van der Waals surface area contributed by atoms with E-state index in [-0.39, 0.29) is 17.4 Å². The minimum absolute atomic E-state index is 0.0964. The second-order valence-corrected chi connectivity index (χ2v) is 5.49. The highest BCUT2D eigenvalue weighted by Crippen LogP contribution is 2.28. The highest BCUT2D eigenvalue weighted by atomic mass is 16.5. The molecule has 6 heteroatoms. The molecule has 25 heavy (non-hydrogen) atoms. The number of aromatic hydroxyl groups is 1. The third-order valence-electron chi connectivity index (χ3n) is 3.65. The molecule has 0 aliphatic carbocycles. The number of aryl methyl sites for hydroxylation is 1. The summed E-state index contributed by atoms with van der Waals surface area (Å²) in [7, 11) is 0. The van der Waals surface area contributed by atoms with Crippen molar-refractivity contribution in [2.24, 2.45) is 0 Å². The van der Waals surface area contributed by atoms with Crippen LogP contribution < -0.4 is 5.32 Å². The number of carbonyl (C=O) groups excluding carboxylic acids is 1. The van der Waals surface area contributed by atoms with Crippen molar-refractivity contribution in [2.45, 2.75) is 6.92 Å². The number of phenolic OH excluding ortho intramolecular Hbond substituents is 1. The lowest BCUT2D eigenvalue weighted by atomic mass is 10.1. The summed E-state index contributed by atoms with van der Waals surface area (Å²) in [5.41, 5.74) is 1.40. The zero-order valence-electron chi connectivity index (χ0n) is 13.3. The average molecular weight is 337 g/mol. The van der Waals surface area contributed by atoms with Crippen molar-refractivity contribution in [3.8, 4) is 5.75 Å². The lowest BCUT2D eigenvalue weighted by molar-refractivity contribution is -0.134. The standard InChI is InChI=1S/C19H15NO5/c1-11-9-12(7-8-14(11)21)10-15-17(22)16(19(23)24)18(25-15)20-13-5-3-2-4-6-13/h2-10,20-21H,1H3,(H,23,24). The summed E-state index contributed by atoms with van der Waals surface area (Å²) in [5.74, 6) is -2.16. The van der Waals surface area contributed by atoms with E-state index in [1.807, 2.05) is 6.07 Å². The number of para-hydroxylation sites is 1. The number of aliphatic carboxylic acids is 1. The van der Waals surface area contributed by atoms with E-state index in [1.54, 1.807) is 43.3 Å². The zero-order valence-corrected chi connectivity index (χ0v) is 13.3. The number of phenols is 1. The number of carbonyl (C=O) groups is 2. The molecule has 0 saturated carbocycles. The number of carboxylic acids is 1. The molecule has 126 valence electrons. The maximum atomic E-state index is 12.4. The molecule has 1 heterocycles. The van der Waals surface area contributed by atoms with Gasteiger partial charge in [0, 0.05) is 5.69 Å². The topological polar surface area (TPSA) is 95.9 Å². The van der Waals surface area contributed by atoms with E-state index in [0.29, 0.717) is 16.8 Å². The van der Waals surface area contributed by atoms with Crippen LogP contribution in [-0.2, 0) is 14.3 Å². The van der Waals surface area contributed by atoms with Gasteiger partial charge in [0.15, 0.2) is 11.3 Å². The lowest BCUT2D eigenvalue weighted by Crippen LogP contribution is -2.12. The van der Waals surface area contributed by atoms with Gasteiger partial charge in [-0.05, 0) is 48.4 Å². The third-order valence-corrected chi connectivity index (χ3v) is 3.65. The fourth-order valence-corrected chi connectivity index (χ4v) is 2.38. The SMILES string of the molecule is Cc1cc(C=C2OC(Nc3ccccc3)=C(C(=O)O)C2=O)ccc1O. The molecule has 0 saturated heterocycles. The number of nitrogens with one attached hydrogen (secondary N) is 1. The second kappa shape index (κ2) is 6.52. The number of Topliss-reactive ketones (excluding diaryl/α,β-unsaturated/α-hetero) is 1. The average Bonchev–Trinajstić information content (AvgIpc) is 2.87. The van der Waals surface area contributed by atoms with Crippen LogP contribution >= 0.6 is 0 Å². The minimum Gasteiger partial charge on any atom is -0.508 e. The quantitative estimate of drug-likeness (QED) is 0.586. The number of benzene rings is 2. The second-order valence-electron chi connectivity index (χ2n) is 5.49. The Bertz CT molecular complexity index is 913. The summed E-state index contributed by atoms with van der Waals surface area (Å²) in [6.45, 7) is 1.72. The van der Waals surface area contributed by atoms with Crippen LogP contribution in [-0.4, -0.2) is 22.0 Å². The smallest absolute Gasteiger partial charge is 0.345 e. The Balaban J connectivity index is 1.93. The van der Waals surface area contributed by atoms with E-state index in [2.05, 4.69) is 5.32 Å². The first kappa shape index (κ1) is 16.3. The maximum Gasteiger partial charge on any atom is 0.345 e. The van der Waals surface area contributed by atoms with Crippen molar-refractivity contribution in [3.05, 3.63) is 76.9 Å². The summed E-state index contributed by atoms with van der Waals surface area (Å²) < 4.78 is 5.46. The van der Waals surface area contributed by atoms with Gasteiger partial charge in [-0.15, -0.1) is 0 Å². The zero-order chi connectivity index (χ0) is 18.0. The van der Waals surface area contributed by atoms with Crippen LogP contribution in [0.1, 0.15) is 11.1 Å². The molecule has 0 spiro atoms. The molecule has 0 radical (unpaired) electrons. The number of ketones is 1. The van der Waals surface area contributed by atoms with Crippen LogP contribution in [0, 0.1) is 6.92 Å². The molecule has 3 N–H and O–H groups in total. The summed E-state index contributed by atoms with van der Waals surface area (Å²) >= 11 is 0. The molecule has 0 amide bonds. The van der Waals surface area contributed by atoms with Gasteiger partial charge in [-0.1, -0.05) is 24.3 Å². The number of allylic oxidation sites excluding steroid dienone is 1. The monoisotopic (exact) mass is 337 g/mol. The number of anilines is 1. The number of hydrogen-bond donors (Lipinski definition) is 3. The summed E-state index contributed by atoms with van der Waals surface area (Å²) in [6.07, 6.45) is 1.44. The molecule has 1 aliphatic heterocycles. The predicted molar refractivity (Wildman–Crippen MR) is 91.6 cm³/mol. The first-order valence-corrected chi connectivity index (χ1v) is 7.49. The number of ether oxygens (including phenoxy) is 1. The predicted octanol–water partition coefficient (Wildman–Crippen LogP) is 3.05. The van der Waals surface area contributed by atoms with E-state index >= 15 is 0 Å². The largest absolute Gasteiger partial charge is 0.508 e. The molecule has 2 aromatic carbocycles. The van der Waals surface area contributed by atoms with E-state index < -0.39 is 17.3 Å².